The average molecular weight is 251 g/mol. The zero-order chi connectivity index (χ0) is 13.5. The quantitative estimate of drug-likeness (QED) is 0.629. The normalized spacial score (nSPS) is 11.2. The molecule has 0 radical (unpaired) electrons. The summed E-state index contributed by atoms with van der Waals surface area (Å²) in [6.45, 7) is 0.804. The standard InChI is InChI=1S/C13H21N3O2/c1-15-13(14)16(2)8-7-10-5-6-11(17-3)12(9-10)18-4/h5-6,9H,7-8H2,1-4H3,(H2,14,15). The van der Waals surface area contributed by atoms with E-state index in [0.717, 1.165) is 24.5 Å². The summed E-state index contributed by atoms with van der Waals surface area (Å²) in [5.74, 6) is 2.02. The third-order valence-corrected chi connectivity index (χ3v) is 2.80. The number of benzene rings is 1. The lowest BCUT2D eigenvalue weighted by molar-refractivity contribution is 0.354. The lowest BCUT2D eigenvalue weighted by atomic mass is 10.1. The van der Waals surface area contributed by atoms with E-state index in [1.165, 1.54) is 5.56 Å². The molecule has 100 valence electrons. The molecule has 1 rings (SSSR count). The number of aliphatic imine (C=N–C) groups is 1. The van der Waals surface area contributed by atoms with E-state index in [9.17, 15) is 0 Å². The fourth-order valence-electron chi connectivity index (χ4n) is 1.62. The SMILES string of the molecule is CN=C(N)N(C)CCc1ccc(OC)c(OC)c1. The van der Waals surface area contributed by atoms with Crippen LogP contribution in [-0.4, -0.2) is 45.7 Å². The van der Waals surface area contributed by atoms with E-state index in [0.29, 0.717) is 5.96 Å². The third kappa shape index (κ3) is 3.55. The Bertz CT molecular complexity index is 419. The molecule has 18 heavy (non-hydrogen) atoms. The molecule has 0 fully saturated rings. The van der Waals surface area contributed by atoms with Gasteiger partial charge in [-0.2, -0.15) is 0 Å². The molecule has 0 aromatic heterocycles. The molecule has 0 spiro atoms. The molecule has 0 aliphatic rings. The van der Waals surface area contributed by atoms with Gasteiger partial charge in [-0.15, -0.1) is 0 Å². The van der Waals surface area contributed by atoms with Crippen molar-refractivity contribution in [1.82, 2.24) is 4.90 Å². The Morgan fingerprint density at radius 1 is 1.28 bits per heavy atom. The molecule has 0 unspecified atom stereocenters. The summed E-state index contributed by atoms with van der Waals surface area (Å²) in [5, 5.41) is 0. The second-order valence-electron chi connectivity index (χ2n) is 3.94. The predicted octanol–water partition coefficient (Wildman–Crippen LogP) is 1.12. The van der Waals surface area contributed by atoms with Crippen LogP contribution < -0.4 is 15.2 Å². The van der Waals surface area contributed by atoms with E-state index in [1.807, 2.05) is 30.1 Å². The lowest BCUT2D eigenvalue weighted by Gasteiger charge is -2.17. The second kappa shape index (κ2) is 6.74. The van der Waals surface area contributed by atoms with Crippen molar-refractivity contribution < 1.29 is 9.47 Å². The van der Waals surface area contributed by atoms with E-state index >= 15 is 0 Å². The van der Waals surface area contributed by atoms with Crippen LogP contribution in [-0.2, 0) is 6.42 Å². The molecular formula is C13H21N3O2. The summed E-state index contributed by atoms with van der Waals surface area (Å²) >= 11 is 0. The van der Waals surface area contributed by atoms with Crippen molar-refractivity contribution in [2.45, 2.75) is 6.42 Å². The highest BCUT2D eigenvalue weighted by Crippen LogP contribution is 2.27. The van der Waals surface area contributed by atoms with E-state index < -0.39 is 0 Å². The number of hydrogen-bond acceptors (Lipinski definition) is 3. The predicted molar refractivity (Wildman–Crippen MR) is 73.4 cm³/mol. The number of likely N-dealkylation sites (N-methyl/N-ethyl adjacent to an activating group) is 1. The molecule has 0 atom stereocenters. The number of rotatable bonds is 5. The highest BCUT2D eigenvalue weighted by Gasteiger charge is 2.06. The van der Waals surface area contributed by atoms with Crippen LogP contribution in [0.5, 0.6) is 11.5 Å². The van der Waals surface area contributed by atoms with Crippen LogP contribution in [0.4, 0.5) is 0 Å². The number of guanidine groups is 1. The van der Waals surface area contributed by atoms with Gasteiger partial charge in [-0.05, 0) is 24.1 Å². The van der Waals surface area contributed by atoms with Crippen molar-refractivity contribution in [1.29, 1.82) is 0 Å². The summed E-state index contributed by atoms with van der Waals surface area (Å²) in [5.41, 5.74) is 6.88. The largest absolute Gasteiger partial charge is 0.493 e. The maximum absolute atomic E-state index is 5.71. The van der Waals surface area contributed by atoms with Crippen molar-refractivity contribution >= 4 is 5.96 Å². The van der Waals surface area contributed by atoms with Gasteiger partial charge in [-0.25, -0.2) is 0 Å². The number of hydrogen-bond donors (Lipinski definition) is 1. The van der Waals surface area contributed by atoms with E-state index in [-0.39, 0.29) is 0 Å². The Hall–Kier alpha value is -1.91. The summed E-state index contributed by atoms with van der Waals surface area (Å²) in [6.07, 6.45) is 0.868. The minimum Gasteiger partial charge on any atom is -0.493 e. The van der Waals surface area contributed by atoms with Gasteiger partial charge >= 0.3 is 0 Å². The molecule has 0 aliphatic heterocycles. The van der Waals surface area contributed by atoms with Crippen LogP contribution in [0.2, 0.25) is 0 Å². The Morgan fingerprint density at radius 2 is 1.94 bits per heavy atom. The highest BCUT2D eigenvalue weighted by molar-refractivity contribution is 5.77. The van der Waals surface area contributed by atoms with Gasteiger partial charge in [-0.3, -0.25) is 4.99 Å². The Labute approximate surface area is 108 Å². The van der Waals surface area contributed by atoms with Crippen LogP contribution in [0.15, 0.2) is 23.2 Å². The smallest absolute Gasteiger partial charge is 0.190 e. The molecule has 0 heterocycles. The number of ether oxygens (including phenoxy) is 2. The summed E-state index contributed by atoms with van der Waals surface area (Å²) in [7, 11) is 6.87. The zero-order valence-electron chi connectivity index (χ0n) is 11.4. The second-order valence-corrected chi connectivity index (χ2v) is 3.94. The molecule has 1 aromatic rings. The summed E-state index contributed by atoms with van der Waals surface area (Å²) in [4.78, 5) is 5.85. The third-order valence-electron chi connectivity index (χ3n) is 2.80. The first kappa shape index (κ1) is 14.2. The van der Waals surface area contributed by atoms with Gasteiger partial charge in [0.1, 0.15) is 0 Å². The summed E-state index contributed by atoms with van der Waals surface area (Å²) < 4.78 is 10.5. The van der Waals surface area contributed by atoms with Crippen LogP contribution >= 0.6 is 0 Å². The topological polar surface area (TPSA) is 60.1 Å². The van der Waals surface area contributed by atoms with Crippen LogP contribution in [0.25, 0.3) is 0 Å². The first-order valence-corrected chi connectivity index (χ1v) is 5.76. The fourth-order valence-corrected chi connectivity index (χ4v) is 1.62. The molecule has 1 aromatic carbocycles. The van der Waals surface area contributed by atoms with Gasteiger partial charge in [0, 0.05) is 20.6 Å². The van der Waals surface area contributed by atoms with Crippen molar-refractivity contribution in [3.05, 3.63) is 23.8 Å². The highest BCUT2D eigenvalue weighted by atomic mass is 16.5. The number of nitrogens with zero attached hydrogens (tertiary/aromatic N) is 2. The van der Waals surface area contributed by atoms with Gasteiger partial charge in [0.2, 0.25) is 0 Å². The Balaban J connectivity index is 2.68. The first-order valence-electron chi connectivity index (χ1n) is 5.76. The van der Waals surface area contributed by atoms with E-state index in [2.05, 4.69) is 4.99 Å². The van der Waals surface area contributed by atoms with Crippen LogP contribution in [0, 0.1) is 0 Å². The molecule has 0 saturated heterocycles. The zero-order valence-corrected chi connectivity index (χ0v) is 11.4. The van der Waals surface area contributed by atoms with Gasteiger partial charge in [-0.1, -0.05) is 6.07 Å². The maximum atomic E-state index is 5.71. The number of methoxy groups -OCH3 is 2. The average Bonchev–Trinajstić information content (AvgIpc) is 2.43. The molecule has 0 bridgehead atoms. The fraction of sp³-hybridized carbons (Fsp3) is 0.462. The van der Waals surface area contributed by atoms with Crippen LogP contribution in [0.3, 0.4) is 0 Å². The molecule has 0 amide bonds. The minimum atomic E-state index is 0.537. The lowest BCUT2D eigenvalue weighted by Crippen LogP contribution is -2.35. The van der Waals surface area contributed by atoms with Gasteiger partial charge in [0.15, 0.2) is 17.5 Å². The van der Waals surface area contributed by atoms with E-state index in [1.54, 1.807) is 21.3 Å². The summed E-state index contributed by atoms with van der Waals surface area (Å²) in [6, 6.07) is 5.91. The Morgan fingerprint density at radius 3 is 2.50 bits per heavy atom. The number of nitrogens with two attached hydrogens (primary N) is 1. The van der Waals surface area contributed by atoms with Crippen molar-refractivity contribution in [3.8, 4) is 11.5 Å². The minimum absolute atomic E-state index is 0.537. The van der Waals surface area contributed by atoms with Gasteiger partial charge in [0.25, 0.3) is 0 Å². The monoisotopic (exact) mass is 251 g/mol. The van der Waals surface area contributed by atoms with Crippen molar-refractivity contribution in [3.63, 3.8) is 0 Å². The maximum Gasteiger partial charge on any atom is 0.190 e. The molecular weight excluding hydrogens is 230 g/mol. The first-order chi connectivity index (χ1) is 8.62. The molecule has 5 nitrogen and oxygen atoms in total. The van der Waals surface area contributed by atoms with Crippen LogP contribution in [0.1, 0.15) is 5.56 Å². The molecule has 2 N–H and O–H groups in total. The Kier molecular flexibility index (Phi) is 5.30. The van der Waals surface area contributed by atoms with Crippen molar-refractivity contribution in [2.24, 2.45) is 10.7 Å². The molecule has 0 aliphatic carbocycles. The van der Waals surface area contributed by atoms with E-state index in [4.69, 9.17) is 15.2 Å². The van der Waals surface area contributed by atoms with Gasteiger partial charge < -0.3 is 20.1 Å². The molecule has 5 heteroatoms. The van der Waals surface area contributed by atoms with Gasteiger partial charge in [0.05, 0.1) is 14.2 Å². The molecule has 0 saturated carbocycles. The van der Waals surface area contributed by atoms with Crippen molar-refractivity contribution in [2.75, 3.05) is 34.9 Å².